The van der Waals surface area contributed by atoms with Gasteiger partial charge >= 0.3 is 0 Å². The predicted octanol–water partition coefficient (Wildman–Crippen LogP) is 4.69. The lowest BCUT2D eigenvalue weighted by atomic mass is 10.2. The molecule has 146 valence electrons. The van der Waals surface area contributed by atoms with Crippen LogP contribution in [-0.2, 0) is 10.5 Å². The van der Waals surface area contributed by atoms with E-state index in [1.807, 2.05) is 24.3 Å². The van der Waals surface area contributed by atoms with E-state index in [0.29, 0.717) is 50.5 Å². The number of amides is 1. The summed E-state index contributed by atoms with van der Waals surface area (Å²) in [6, 6.07) is 14.4. The number of halogens is 1. The zero-order chi connectivity index (χ0) is 20.2. The number of aromatic nitrogens is 4. The maximum Gasteiger partial charge on any atom is 0.277 e. The molecule has 0 saturated heterocycles. The molecule has 0 atom stereocenters. The minimum Gasteiger partial charge on any atom is -0.420 e. The molecule has 10 heteroatoms. The molecule has 0 fully saturated rings. The topological polar surface area (TPSA) is 107 Å². The van der Waals surface area contributed by atoms with Crippen LogP contribution in [0, 0.1) is 0 Å². The van der Waals surface area contributed by atoms with Crippen LogP contribution in [0.2, 0.25) is 5.02 Å². The van der Waals surface area contributed by atoms with E-state index < -0.39 is 0 Å². The van der Waals surface area contributed by atoms with Crippen molar-refractivity contribution in [3.63, 3.8) is 0 Å². The number of thioether (sulfide) groups is 1. The molecule has 29 heavy (non-hydrogen) atoms. The number of benzene rings is 2. The Morgan fingerprint density at radius 2 is 1.86 bits per heavy atom. The average molecular weight is 428 g/mol. The van der Waals surface area contributed by atoms with Crippen molar-refractivity contribution in [2.24, 2.45) is 0 Å². The largest absolute Gasteiger partial charge is 0.420 e. The molecule has 0 saturated carbocycles. The Labute approximate surface area is 174 Å². The lowest BCUT2D eigenvalue weighted by Crippen LogP contribution is -2.05. The van der Waals surface area contributed by atoms with Gasteiger partial charge in [-0.15, -0.1) is 20.4 Å². The maximum atomic E-state index is 11.2. The van der Waals surface area contributed by atoms with Gasteiger partial charge < -0.3 is 14.2 Å². The highest BCUT2D eigenvalue weighted by atomic mass is 35.5. The van der Waals surface area contributed by atoms with E-state index in [4.69, 9.17) is 20.4 Å². The normalized spacial score (nSPS) is 10.8. The SMILES string of the molecule is CC(=O)Nc1cccc(-c2nnc(SCc3nnc(-c4ccccc4Cl)o3)o2)c1. The van der Waals surface area contributed by atoms with Crippen LogP contribution in [0.4, 0.5) is 5.69 Å². The second-order valence-electron chi connectivity index (χ2n) is 5.90. The Balaban J connectivity index is 1.43. The molecule has 2 aromatic heterocycles. The fraction of sp³-hybridized carbons (Fsp3) is 0.105. The molecule has 4 rings (SSSR count). The van der Waals surface area contributed by atoms with Crippen LogP contribution in [0.15, 0.2) is 62.6 Å². The fourth-order valence-electron chi connectivity index (χ4n) is 2.50. The summed E-state index contributed by atoms with van der Waals surface area (Å²) in [4.78, 5) is 11.2. The third kappa shape index (κ3) is 4.64. The number of hydrogen-bond donors (Lipinski definition) is 1. The first-order valence-electron chi connectivity index (χ1n) is 8.50. The minimum atomic E-state index is -0.153. The van der Waals surface area contributed by atoms with Gasteiger partial charge in [0.05, 0.1) is 16.3 Å². The molecule has 1 N–H and O–H groups in total. The molecule has 0 unspecified atom stereocenters. The van der Waals surface area contributed by atoms with Gasteiger partial charge in [0, 0.05) is 18.2 Å². The molecule has 0 aliphatic rings. The zero-order valence-electron chi connectivity index (χ0n) is 15.1. The Hall–Kier alpha value is -3.17. The number of anilines is 1. The van der Waals surface area contributed by atoms with Crippen LogP contribution in [0.5, 0.6) is 0 Å². The van der Waals surface area contributed by atoms with Crippen molar-refractivity contribution in [2.75, 3.05) is 5.32 Å². The number of nitrogens with one attached hydrogen (secondary N) is 1. The van der Waals surface area contributed by atoms with Crippen molar-refractivity contribution in [1.29, 1.82) is 0 Å². The van der Waals surface area contributed by atoms with Crippen LogP contribution >= 0.6 is 23.4 Å². The first kappa shape index (κ1) is 19.2. The Bertz CT molecular complexity index is 1160. The third-order valence-corrected chi connectivity index (χ3v) is 4.86. The molecule has 8 nitrogen and oxygen atoms in total. The second-order valence-corrected chi connectivity index (χ2v) is 7.24. The van der Waals surface area contributed by atoms with Crippen molar-refractivity contribution in [1.82, 2.24) is 20.4 Å². The summed E-state index contributed by atoms with van der Waals surface area (Å²) in [6.07, 6.45) is 0. The van der Waals surface area contributed by atoms with Gasteiger partial charge in [-0.05, 0) is 30.3 Å². The Morgan fingerprint density at radius 1 is 1.03 bits per heavy atom. The molecular weight excluding hydrogens is 414 g/mol. The van der Waals surface area contributed by atoms with Crippen LogP contribution in [0.25, 0.3) is 22.9 Å². The van der Waals surface area contributed by atoms with E-state index in [0.717, 1.165) is 0 Å². The van der Waals surface area contributed by atoms with Crippen LogP contribution in [0.3, 0.4) is 0 Å². The first-order chi connectivity index (χ1) is 14.1. The van der Waals surface area contributed by atoms with E-state index >= 15 is 0 Å². The van der Waals surface area contributed by atoms with E-state index in [1.165, 1.54) is 18.7 Å². The van der Waals surface area contributed by atoms with Gasteiger partial charge in [0.2, 0.25) is 23.6 Å². The summed E-state index contributed by atoms with van der Waals surface area (Å²) < 4.78 is 11.3. The van der Waals surface area contributed by atoms with Crippen LogP contribution < -0.4 is 5.32 Å². The molecule has 2 aromatic carbocycles. The highest BCUT2D eigenvalue weighted by Crippen LogP contribution is 2.29. The molecule has 2 heterocycles. The lowest BCUT2D eigenvalue weighted by molar-refractivity contribution is -0.114. The molecule has 0 radical (unpaired) electrons. The molecule has 0 bridgehead atoms. The molecule has 1 amide bonds. The van der Waals surface area contributed by atoms with Crippen molar-refractivity contribution in [3.8, 4) is 22.9 Å². The van der Waals surface area contributed by atoms with Gasteiger partial charge in [0.1, 0.15) is 0 Å². The Morgan fingerprint density at radius 3 is 2.69 bits per heavy atom. The quantitative estimate of drug-likeness (QED) is 0.441. The maximum absolute atomic E-state index is 11.2. The lowest BCUT2D eigenvalue weighted by Gasteiger charge is -2.02. The average Bonchev–Trinajstić information content (AvgIpc) is 3.36. The van der Waals surface area contributed by atoms with Crippen molar-refractivity contribution < 1.29 is 13.6 Å². The van der Waals surface area contributed by atoms with E-state index in [-0.39, 0.29) is 5.91 Å². The monoisotopic (exact) mass is 427 g/mol. The summed E-state index contributed by atoms with van der Waals surface area (Å²) in [7, 11) is 0. The first-order valence-corrected chi connectivity index (χ1v) is 9.86. The summed E-state index contributed by atoms with van der Waals surface area (Å²) in [5, 5.41) is 19.8. The number of nitrogens with zero attached hydrogens (tertiary/aromatic N) is 4. The van der Waals surface area contributed by atoms with Crippen molar-refractivity contribution in [2.45, 2.75) is 17.9 Å². The van der Waals surface area contributed by atoms with Gasteiger partial charge in [-0.1, -0.05) is 41.6 Å². The molecule has 4 aromatic rings. The molecule has 0 aliphatic carbocycles. The van der Waals surface area contributed by atoms with Gasteiger partial charge in [-0.2, -0.15) is 0 Å². The summed E-state index contributed by atoms with van der Waals surface area (Å²) >= 11 is 7.43. The summed E-state index contributed by atoms with van der Waals surface area (Å²) in [5.74, 6) is 1.33. The summed E-state index contributed by atoms with van der Waals surface area (Å²) in [6.45, 7) is 1.45. The van der Waals surface area contributed by atoms with Crippen molar-refractivity contribution >= 4 is 35.0 Å². The Kier molecular flexibility index (Phi) is 5.59. The van der Waals surface area contributed by atoms with Crippen LogP contribution in [-0.4, -0.2) is 26.3 Å². The van der Waals surface area contributed by atoms with Gasteiger partial charge in [0.15, 0.2) is 0 Å². The molecule has 0 spiro atoms. The van der Waals surface area contributed by atoms with Gasteiger partial charge in [-0.3, -0.25) is 4.79 Å². The zero-order valence-corrected chi connectivity index (χ0v) is 16.7. The second kappa shape index (κ2) is 8.46. The molecule has 0 aliphatic heterocycles. The third-order valence-electron chi connectivity index (χ3n) is 3.73. The summed E-state index contributed by atoms with van der Waals surface area (Å²) in [5.41, 5.74) is 2.03. The fourth-order valence-corrected chi connectivity index (χ4v) is 3.31. The van der Waals surface area contributed by atoms with E-state index in [2.05, 4.69) is 25.7 Å². The molecular formula is C19H14ClN5O3S. The minimum absolute atomic E-state index is 0.153. The number of carbonyl (C=O) groups excluding carboxylic acids is 1. The van der Waals surface area contributed by atoms with Gasteiger partial charge in [-0.25, -0.2) is 0 Å². The number of hydrogen-bond acceptors (Lipinski definition) is 8. The standard InChI is InChI=1S/C19H14ClN5O3S/c1-11(26)21-13-6-4-5-12(9-13)17-23-25-19(28-17)29-10-16-22-24-18(27-16)14-7-2-3-8-15(14)20/h2-9H,10H2,1H3,(H,21,26). The highest BCUT2D eigenvalue weighted by molar-refractivity contribution is 7.98. The van der Waals surface area contributed by atoms with Gasteiger partial charge in [0.25, 0.3) is 5.22 Å². The van der Waals surface area contributed by atoms with E-state index in [1.54, 1.807) is 24.3 Å². The smallest absolute Gasteiger partial charge is 0.277 e. The van der Waals surface area contributed by atoms with E-state index in [9.17, 15) is 4.79 Å². The predicted molar refractivity (Wildman–Crippen MR) is 108 cm³/mol. The van der Waals surface area contributed by atoms with Crippen LogP contribution in [0.1, 0.15) is 12.8 Å². The number of rotatable bonds is 6. The number of carbonyl (C=O) groups is 1. The van der Waals surface area contributed by atoms with Crippen molar-refractivity contribution in [3.05, 3.63) is 59.4 Å². The highest BCUT2D eigenvalue weighted by Gasteiger charge is 2.14.